The third-order valence-electron chi connectivity index (χ3n) is 14.4. The molecule has 1 saturated carbocycles. The van der Waals surface area contributed by atoms with E-state index in [4.69, 9.17) is 48.3 Å². The number of anilines is 1. The molecule has 5 fully saturated rings. The minimum atomic E-state index is -0.926. The van der Waals surface area contributed by atoms with Crippen molar-refractivity contribution in [3.63, 3.8) is 0 Å². The van der Waals surface area contributed by atoms with Gasteiger partial charge in [0.15, 0.2) is 28.5 Å². The Balaban J connectivity index is 1.19. The van der Waals surface area contributed by atoms with Crippen LogP contribution in [0.25, 0.3) is 22.6 Å². The molecule has 0 amide bonds. The van der Waals surface area contributed by atoms with Crippen LogP contribution in [0, 0.1) is 0 Å². The molecule has 3 aromatic heterocycles. The highest BCUT2D eigenvalue weighted by Gasteiger charge is 2.63. The molecule has 4 saturated heterocycles. The number of piperidine rings is 1. The van der Waals surface area contributed by atoms with Gasteiger partial charge in [0.1, 0.15) is 5.82 Å². The zero-order chi connectivity index (χ0) is 40.0. The number of β-amino-alcohol motifs (C(OH)–C–C–N with tert-alkyl or cyclic N) is 1. The first-order valence-electron chi connectivity index (χ1n) is 21.6. The molecule has 1 aliphatic carbocycles. The van der Waals surface area contributed by atoms with Crippen molar-refractivity contribution < 1.29 is 33.1 Å². The summed E-state index contributed by atoms with van der Waals surface area (Å²) >= 11 is 0. The molecule has 310 valence electrons. The van der Waals surface area contributed by atoms with E-state index in [0.717, 1.165) is 86.0 Å². The van der Waals surface area contributed by atoms with E-state index < -0.39 is 28.2 Å². The van der Waals surface area contributed by atoms with Gasteiger partial charge in [-0.1, -0.05) is 18.2 Å². The van der Waals surface area contributed by atoms with Gasteiger partial charge in [-0.15, -0.1) is 6.58 Å². The van der Waals surface area contributed by atoms with Crippen molar-refractivity contribution in [3.8, 4) is 11.5 Å². The molecule has 0 bridgehead atoms. The molecule has 57 heavy (non-hydrogen) atoms. The Labute approximate surface area is 337 Å². The fourth-order valence-corrected chi connectivity index (χ4v) is 10.7. The summed E-state index contributed by atoms with van der Waals surface area (Å²) in [4.78, 5) is 15.6. The molecule has 5 atom stereocenters. The molecule has 9 rings (SSSR count). The lowest BCUT2D eigenvalue weighted by Crippen LogP contribution is -2.58. The first-order chi connectivity index (χ1) is 27.2. The van der Waals surface area contributed by atoms with Gasteiger partial charge in [-0.05, 0) is 112 Å². The molecular formula is C42H62BN7O7. The lowest BCUT2D eigenvalue weighted by atomic mass is 9.74. The number of likely N-dealkylation sites (tertiary alicyclic amines) is 1. The van der Waals surface area contributed by atoms with E-state index in [-0.39, 0.29) is 25.2 Å². The molecule has 1 N–H and O–H groups in total. The topological polar surface area (TPSA) is 142 Å². The van der Waals surface area contributed by atoms with Crippen molar-refractivity contribution in [1.29, 1.82) is 0 Å². The molecule has 8 heterocycles. The van der Waals surface area contributed by atoms with Crippen molar-refractivity contribution in [1.82, 2.24) is 29.8 Å². The molecule has 2 spiro atoms. The molecule has 1 unspecified atom stereocenters. The van der Waals surface area contributed by atoms with E-state index in [0.29, 0.717) is 69.2 Å². The van der Waals surface area contributed by atoms with Gasteiger partial charge in [-0.3, -0.25) is 0 Å². The largest absolute Gasteiger partial charge is 0.457 e. The maximum Gasteiger partial charge on any atom is 0.457 e. The maximum atomic E-state index is 11.8. The standard InChI is InChI=1S/C42H62BN7O7/c1-9-29-32-36(49-26-40(7,51)20-15-27(49)16-21-43-56-38(3,4)39(5,6)57-43)44-35(45-37(32)50(46-29)30(10-2)31-14-13-22-48(31)8)33-28-17-23-52-41(34(28)55-47-33)18-11-12-19-42(41)53-24-25-54-42/h10,27,30-31,51H,2,9,11-26H2,1,3-8H3/t27-,30+,31+,40-,41?/m1/s1. The fourth-order valence-electron chi connectivity index (χ4n) is 10.7. The summed E-state index contributed by atoms with van der Waals surface area (Å²) in [6.45, 7) is 19.7. The lowest BCUT2D eigenvalue weighted by molar-refractivity contribution is -0.317. The van der Waals surface area contributed by atoms with Crippen molar-refractivity contribution in [2.75, 3.05) is 44.9 Å². The van der Waals surface area contributed by atoms with E-state index in [9.17, 15) is 5.11 Å². The molecular weight excluding hydrogens is 725 g/mol. The maximum absolute atomic E-state index is 11.8. The number of hydrogen-bond acceptors (Lipinski definition) is 13. The van der Waals surface area contributed by atoms with Crippen LogP contribution in [0.3, 0.4) is 0 Å². The molecule has 0 aromatic carbocycles. The van der Waals surface area contributed by atoms with E-state index in [1.807, 2.05) is 13.0 Å². The summed E-state index contributed by atoms with van der Waals surface area (Å²) in [5, 5.41) is 22.8. The number of aryl methyl sites for hydroxylation is 1. The average Bonchev–Trinajstić information content (AvgIpc) is 4.01. The number of aromatic nitrogens is 5. The fraction of sp³-hybridized carbons (Fsp3) is 0.762. The average molecular weight is 788 g/mol. The zero-order valence-electron chi connectivity index (χ0n) is 35.1. The predicted molar refractivity (Wildman–Crippen MR) is 216 cm³/mol. The Morgan fingerprint density at radius 1 is 0.965 bits per heavy atom. The first-order valence-corrected chi connectivity index (χ1v) is 21.6. The van der Waals surface area contributed by atoms with Crippen molar-refractivity contribution in [2.24, 2.45) is 0 Å². The SMILES string of the molecule is C=C[C@@H]([C@@H]1CCCN1C)n1nc(CC)c2c(N3C[C@](C)(O)CC[C@@H]3CCB3OC(C)(C)C(C)(C)O3)nc(-c3noc4c3CCOC43CCCCC34OCCO4)nc21. The smallest absolute Gasteiger partial charge is 0.403 e. The second-order valence-corrected chi connectivity index (χ2v) is 18.7. The van der Waals surface area contributed by atoms with E-state index >= 15 is 0 Å². The summed E-state index contributed by atoms with van der Waals surface area (Å²) in [7, 11) is 1.86. The monoisotopic (exact) mass is 787 g/mol. The second kappa shape index (κ2) is 14.4. The Bertz CT molecular complexity index is 1980. The summed E-state index contributed by atoms with van der Waals surface area (Å²) < 4.78 is 40.9. The van der Waals surface area contributed by atoms with Crippen molar-refractivity contribution in [2.45, 2.75) is 165 Å². The van der Waals surface area contributed by atoms with Gasteiger partial charge >= 0.3 is 7.12 Å². The number of ether oxygens (including phenoxy) is 3. The van der Waals surface area contributed by atoms with E-state index in [1.165, 1.54) is 0 Å². The normalized spacial score (nSPS) is 31.5. The van der Waals surface area contributed by atoms with Crippen LogP contribution in [-0.4, -0.2) is 117 Å². The minimum absolute atomic E-state index is 0.0566. The number of hydrogen-bond donors (Lipinski definition) is 1. The molecule has 3 aromatic rings. The summed E-state index contributed by atoms with van der Waals surface area (Å²) in [6, 6.07) is 0.175. The third kappa shape index (κ3) is 6.40. The van der Waals surface area contributed by atoms with Crippen LogP contribution in [0.2, 0.25) is 6.32 Å². The highest BCUT2D eigenvalue weighted by atomic mass is 16.8. The second-order valence-electron chi connectivity index (χ2n) is 18.7. The van der Waals surface area contributed by atoms with Crippen LogP contribution in [0.5, 0.6) is 0 Å². The van der Waals surface area contributed by atoms with Gasteiger partial charge in [-0.2, -0.15) is 5.10 Å². The number of rotatable bonds is 9. The number of aliphatic hydroxyl groups is 1. The minimum Gasteiger partial charge on any atom is -0.403 e. The highest BCUT2D eigenvalue weighted by molar-refractivity contribution is 6.45. The van der Waals surface area contributed by atoms with Crippen LogP contribution in [0.15, 0.2) is 17.2 Å². The number of fused-ring (bicyclic) bond motifs is 4. The van der Waals surface area contributed by atoms with Crippen LogP contribution in [-0.2, 0) is 42.0 Å². The van der Waals surface area contributed by atoms with Crippen molar-refractivity contribution >= 4 is 24.0 Å². The Hall–Kier alpha value is -2.92. The summed E-state index contributed by atoms with van der Waals surface area (Å²) in [5.41, 5.74) is 0.562. The van der Waals surface area contributed by atoms with Crippen LogP contribution >= 0.6 is 0 Å². The number of likely N-dealkylation sites (N-methyl/N-ethyl adjacent to an activating group) is 1. The molecule has 15 heteroatoms. The lowest BCUT2D eigenvalue weighted by Gasteiger charge is -2.49. The summed E-state index contributed by atoms with van der Waals surface area (Å²) in [6.07, 6.45) is 11.8. The summed E-state index contributed by atoms with van der Waals surface area (Å²) in [5.74, 6) is 0.987. The highest BCUT2D eigenvalue weighted by Crippen LogP contribution is 2.55. The first kappa shape index (κ1) is 39.5. The van der Waals surface area contributed by atoms with Gasteiger partial charge in [0.05, 0.1) is 53.7 Å². The molecule has 6 aliphatic rings. The number of nitrogens with zero attached hydrogens (tertiary/aromatic N) is 7. The predicted octanol–water partition coefficient (Wildman–Crippen LogP) is 6.15. The molecule has 0 radical (unpaired) electrons. The van der Waals surface area contributed by atoms with Crippen LogP contribution in [0.4, 0.5) is 5.82 Å². The van der Waals surface area contributed by atoms with Crippen LogP contribution in [0.1, 0.15) is 122 Å². The van der Waals surface area contributed by atoms with Gasteiger partial charge < -0.3 is 42.9 Å². The van der Waals surface area contributed by atoms with E-state index in [1.54, 1.807) is 0 Å². The van der Waals surface area contributed by atoms with Gasteiger partial charge in [0.2, 0.25) is 5.79 Å². The Morgan fingerprint density at radius 2 is 1.72 bits per heavy atom. The Kier molecular flexibility index (Phi) is 9.97. The molecule has 14 nitrogen and oxygen atoms in total. The quantitative estimate of drug-likeness (QED) is 0.196. The zero-order valence-corrected chi connectivity index (χ0v) is 35.1. The van der Waals surface area contributed by atoms with E-state index in [2.05, 4.69) is 62.7 Å². The van der Waals surface area contributed by atoms with Gasteiger partial charge in [-0.25, -0.2) is 14.6 Å². The Morgan fingerprint density at radius 3 is 2.42 bits per heavy atom. The van der Waals surface area contributed by atoms with Crippen molar-refractivity contribution in [3.05, 3.63) is 29.7 Å². The third-order valence-corrected chi connectivity index (χ3v) is 14.4. The van der Waals surface area contributed by atoms with Gasteiger partial charge in [0, 0.05) is 37.0 Å². The van der Waals surface area contributed by atoms with Crippen LogP contribution < -0.4 is 4.90 Å². The molecule has 5 aliphatic heterocycles. The van der Waals surface area contributed by atoms with Gasteiger partial charge in [0.25, 0.3) is 0 Å².